The quantitative estimate of drug-likeness (QED) is 0.323. The first-order valence-electron chi connectivity index (χ1n) is 11.4. The molecule has 0 spiro atoms. The third-order valence-corrected chi connectivity index (χ3v) is 7.12. The topological polar surface area (TPSA) is 102 Å². The van der Waals surface area contributed by atoms with Crippen LogP contribution < -0.4 is 14.8 Å². The Morgan fingerprint density at radius 2 is 1.83 bits per heavy atom. The predicted molar refractivity (Wildman–Crippen MR) is 136 cm³/mol. The molecule has 0 radical (unpaired) electrons. The molecule has 1 amide bonds. The van der Waals surface area contributed by atoms with Gasteiger partial charge < -0.3 is 14.6 Å². The lowest BCUT2D eigenvalue weighted by Crippen LogP contribution is -2.25. The number of aromatic nitrogens is 2. The minimum absolute atomic E-state index is 0.0999. The highest BCUT2D eigenvalue weighted by Gasteiger charge is 2.22. The fraction of sp³-hybridized carbons (Fsp3) is 0.231. The van der Waals surface area contributed by atoms with E-state index in [0.29, 0.717) is 25.2 Å². The first-order chi connectivity index (χ1) is 16.9. The van der Waals surface area contributed by atoms with Gasteiger partial charge in [0.1, 0.15) is 10.6 Å². The van der Waals surface area contributed by atoms with Crippen molar-refractivity contribution in [3.63, 3.8) is 0 Å². The number of anilines is 1. The SMILES string of the molecule is CCc1ccc(NS(=O)(=O)c2cc(C(=O)NCCCn3cnc4ccccc43)ccc2OC)cc1. The molecule has 0 atom stereocenters. The van der Waals surface area contributed by atoms with E-state index in [9.17, 15) is 13.2 Å². The van der Waals surface area contributed by atoms with Crippen molar-refractivity contribution in [1.82, 2.24) is 14.9 Å². The first-order valence-corrected chi connectivity index (χ1v) is 12.9. The van der Waals surface area contributed by atoms with Crippen LogP contribution in [-0.4, -0.2) is 37.5 Å². The molecule has 8 nitrogen and oxygen atoms in total. The average Bonchev–Trinajstić information content (AvgIpc) is 3.29. The maximum atomic E-state index is 13.1. The van der Waals surface area contributed by atoms with Crippen molar-refractivity contribution in [3.05, 3.63) is 84.2 Å². The van der Waals surface area contributed by atoms with E-state index in [2.05, 4.69) is 15.0 Å². The fourth-order valence-electron chi connectivity index (χ4n) is 3.79. The van der Waals surface area contributed by atoms with E-state index >= 15 is 0 Å². The van der Waals surface area contributed by atoms with Crippen LogP contribution in [0.5, 0.6) is 5.75 Å². The fourth-order valence-corrected chi connectivity index (χ4v) is 5.04. The molecule has 0 bridgehead atoms. The molecular formula is C26H28N4O4S. The molecule has 1 heterocycles. The molecular weight excluding hydrogens is 464 g/mol. The summed E-state index contributed by atoms with van der Waals surface area (Å²) in [6.45, 7) is 3.16. The number of carbonyl (C=O) groups is 1. The number of carbonyl (C=O) groups excluding carboxylic acids is 1. The molecule has 0 fully saturated rings. The number of fused-ring (bicyclic) bond motifs is 1. The van der Waals surface area contributed by atoms with E-state index in [1.807, 2.05) is 47.9 Å². The second-order valence-corrected chi connectivity index (χ2v) is 9.71. The summed E-state index contributed by atoms with van der Waals surface area (Å²) in [6.07, 6.45) is 3.34. The van der Waals surface area contributed by atoms with Gasteiger partial charge in [-0.2, -0.15) is 0 Å². The zero-order valence-electron chi connectivity index (χ0n) is 19.7. The van der Waals surface area contributed by atoms with Crippen LogP contribution in [-0.2, 0) is 23.0 Å². The lowest BCUT2D eigenvalue weighted by atomic mass is 10.2. The van der Waals surface area contributed by atoms with Gasteiger partial charge in [0.25, 0.3) is 15.9 Å². The van der Waals surface area contributed by atoms with Crippen LogP contribution in [0.2, 0.25) is 0 Å². The highest BCUT2D eigenvalue weighted by atomic mass is 32.2. The predicted octanol–water partition coefficient (Wildman–Crippen LogP) is 4.23. The summed E-state index contributed by atoms with van der Waals surface area (Å²) in [5.41, 5.74) is 3.75. The van der Waals surface area contributed by atoms with Gasteiger partial charge in [-0.25, -0.2) is 13.4 Å². The molecule has 0 saturated carbocycles. The Hall–Kier alpha value is -3.85. The first kappa shape index (κ1) is 24.3. The number of nitrogens with one attached hydrogen (secondary N) is 2. The molecule has 3 aromatic carbocycles. The molecule has 0 aliphatic carbocycles. The number of benzene rings is 3. The maximum absolute atomic E-state index is 13.1. The molecule has 2 N–H and O–H groups in total. The second-order valence-electron chi connectivity index (χ2n) is 8.06. The van der Waals surface area contributed by atoms with Crippen molar-refractivity contribution < 1.29 is 17.9 Å². The molecule has 1 aromatic heterocycles. The van der Waals surface area contributed by atoms with Crippen molar-refractivity contribution in [2.75, 3.05) is 18.4 Å². The number of methoxy groups -OCH3 is 1. The van der Waals surface area contributed by atoms with Gasteiger partial charge >= 0.3 is 0 Å². The maximum Gasteiger partial charge on any atom is 0.265 e. The molecule has 4 rings (SSSR count). The van der Waals surface area contributed by atoms with E-state index in [-0.39, 0.29) is 22.1 Å². The number of hydrogen-bond donors (Lipinski definition) is 2. The van der Waals surface area contributed by atoms with Crippen LogP contribution >= 0.6 is 0 Å². The minimum Gasteiger partial charge on any atom is -0.495 e. The van der Waals surface area contributed by atoms with E-state index in [1.54, 1.807) is 24.5 Å². The van der Waals surface area contributed by atoms with E-state index in [0.717, 1.165) is 23.0 Å². The van der Waals surface area contributed by atoms with E-state index < -0.39 is 10.0 Å². The van der Waals surface area contributed by atoms with Crippen LogP contribution in [0.25, 0.3) is 11.0 Å². The number of nitrogens with zero attached hydrogens (tertiary/aromatic N) is 2. The largest absolute Gasteiger partial charge is 0.495 e. The Bertz CT molecular complexity index is 1430. The highest BCUT2D eigenvalue weighted by molar-refractivity contribution is 7.92. The van der Waals surface area contributed by atoms with Crippen LogP contribution in [0, 0.1) is 0 Å². The van der Waals surface area contributed by atoms with Crippen molar-refractivity contribution in [2.45, 2.75) is 31.2 Å². The second kappa shape index (κ2) is 10.6. The number of ether oxygens (including phenoxy) is 1. The number of rotatable bonds is 10. The third-order valence-electron chi connectivity index (χ3n) is 5.72. The van der Waals surface area contributed by atoms with Crippen LogP contribution in [0.3, 0.4) is 0 Å². The zero-order valence-corrected chi connectivity index (χ0v) is 20.5. The van der Waals surface area contributed by atoms with Crippen LogP contribution in [0.15, 0.2) is 78.0 Å². The molecule has 0 aliphatic rings. The summed E-state index contributed by atoms with van der Waals surface area (Å²) < 4.78 is 36.0. The number of imidazole rings is 1. The molecule has 35 heavy (non-hydrogen) atoms. The Labute approximate surface area is 205 Å². The Balaban J connectivity index is 1.42. The number of aryl methyl sites for hydroxylation is 2. The van der Waals surface area contributed by atoms with Crippen LogP contribution in [0.4, 0.5) is 5.69 Å². The van der Waals surface area contributed by atoms with Gasteiger partial charge in [0.2, 0.25) is 0 Å². The van der Waals surface area contributed by atoms with Gasteiger partial charge in [-0.05, 0) is 60.9 Å². The van der Waals surface area contributed by atoms with Crippen molar-refractivity contribution in [3.8, 4) is 5.75 Å². The van der Waals surface area contributed by atoms with E-state index in [4.69, 9.17) is 4.74 Å². The third kappa shape index (κ3) is 5.63. The number of amides is 1. The summed E-state index contributed by atoms with van der Waals surface area (Å²) in [5.74, 6) is -0.196. The summed E-state index contributed by atoms with van der Waals surface area (Å²) in [7, 11) is -2.58. The molecule has 0 aliphatic heterocycles. The summed E-state index contributed by atoms with van der Waals surface area (Å²) in [5, 5.41) is 2.86. The number of hydrogen-bond acceptors (Lipinski definition) is 5. The summed E-state index contributed by atoms with van der Waals surface area (Å²) in [6, 6.07) is 19.4. The van der Waals surface area contributed by atoms with Gasteiger partial charge in [0.15, 0.2) is 0 Å². The van der Waals surface area contributed by atoms with Crippen LogP contribution in [0.1, 0.15) is 29.3 Å². The molecule has 0 unspecified atom stereocenters. The number of para-hydroxylation sites is 2. The van der Waals surface area contributed by atoms with E-state index in [1.165, 1.54) is 19.2 Å². The number of sulfonamides is 1. The molecule has 9 heteroatoms. The minimum atomic E-state index is -3.97. The lowest BCUT2D eigenvalue weighted by molar-refractivity contribution is 0.0952. The average molecular weight is 493 g/mol. The van der Waals surface area contributed by atoms with Crippen molar-refractivity contribution >= 4 is 32.7 Å². The standard InChI is InChI=1S/C26H28N4O4S/c1-3-19-9-12-21(13-10-19)29-35(32,33)25-17-20(11-14-24(25)34-2)26(31)27-15-6-16-30-18-28-22-7-4-5-8-23(22)30/h4-5,7-14,17-18,29H,3,6,15-16H2,1-2H3,(H,27,31). The van der Waals surface area contributed by atoms with Gasteiger partial charge in [-0.3, -0.25) is 9.52 Å². The molecule has 0 saturated heterocycles. The Morgan fingerprint density at radius 3 is 2.57 bits per heavy atom. The smallest absolute Gasteiger partial charge is 0.265 e. The normalized spacial score (nSPS) is 11.4. The Kier molecular flexibility index (Phi) is 7.36. The highest BCUT2D eigenvalue weighted by Crippen LogP contribution is 2.27. The molecule has 4 aromatic rings. The van der Waals surface area contributed by atoms with Crippen molar-refractivity contribution in [1.29, 1.82) is 0 Å². The van der Waals surface area contributed by atoms with Crippen molar-refractivity contribution in [2.24, 2.45) is 0 Å². The summed E-state index contributed by atoms with van der Waals surface area (Å²) in [4.78, 5) is 17.0. The zero-order chi connectivity index (χ0) is 24.8. The lowest BCUT2D eigenvalue weighted by Gasteiger charge is -2.14. The van der Waals surface area contributed by atoms with Gasteiger partial charge in [0.05, 0.1) is 24.5 Å². The van der Waals surface area contributed by atoms with Gasteiger partial charge in [0, 0.05) is 24.3 Å². The summed E-state index contributed by atoms with van der Waals surface area (Å²) >= 11 is 0. The van der Waals surface area contributed by atoms with Gasteiger partial charge in [-0.15, -0.1) is 0 Å². The molecule has 182 valence electrons. The van der Waals surface area contributed by atoms with Gasteiger partial charge in [-0.1, -0.05) is 31.2 Å². The monoisotopic (exact) mass is 492 g/mol. The Morgan fingerprint density at radius 1 is 1.06 bits per heavy atom.